The van der Waals surface area contributed by atoms with Crippen LogP contribution < -0.4 is 0 Å². The number of benzene rings is 2. The van der Waals surface area contributed by atoms with Crippen LogP contribution in [-0.2, 0) is 11.3 Å². The monoisotopic (exact) mass is 418 g/mol. The maximum absolute atomic E-state index is 11.0. The first-order valence-corrected chi connectivity index (χ1v) is 9.84. The Kier molecular flexibility index (Phi) is 6.66. The summed E-state index contributed by atoms with van der Waals surface area (Å²) in [5, 5.41) is 21.1. The van der Waals surface area contributed by atoms with Gasteiger partial charge in [0.15, 0.2) is 11.0 Å². The number of non-ortho nitro benzene ring substituents is 1. The van der Waals surface area contributed by atoms with E-state index in [-0.39, 0.29) is 15.9 Å². The van der Waals surface area contributed by atoms with Gasteiger partial charge >= 0.3 is 0 Å². The Morgan fingerprint density at radius 1 is 1.25 bits per heavy atom. The maximum atomic E-state index is 11.0. The summed E-state index contributed by atoms with van der Waals surface area (Å²) in [6.07, 6.45) is 0. The lowest BCUT2D eigenvalue weighted by molar-refractivity contribution is -0.384. The first-order chi connectivity index (χ1) is 13.5. The number of hydrogen-bond donors (Lipinski definition) is 0. The normalized spacial score (nSPS) is 12.1. The number of rotatable bonds is 8. The highest BCUT2D eigenvalue weighted by Crippen LogP contribution is 2.36. The zero-order chi connectivity index (χ0) is 20.1. The molecule has 0 saturated heterocycles. The second-order valence-corrected chi connectivity index (χ2v) is 7.81. The van der Waals surface area contributed by atoms with Gasteiger partial charge in [0, 0.05) is 35.1 Å². The highest BCUT2D eigenvalue weighted by atomic mass is 35.5. The van der Waals surface area contributed by atoms with Crippen LogP contribution in [0.15, 0.2) is 53.7 Å². The van der Waals surface area contributed by atoms with Crippen LogP contribution in [0.4, 0.5) is 5.69 Å². The van der Waals surface area contributed by atoms with Crippen molar-refractivity contribution in [2.75, 3.05) is 13.7 Å². The van der Waals surface area contributed by atoms with Crippen LogP contribution in [0.5, 0.6) is 0 Å². The fraction of sp³-hybridized carbons (Fsp3) is 0.263. The van der Waals surface area contributed by atoms with Crippen molar-refractivity contribution in [2.45, 2.75) is 23.9 Å². The first kappa shape index (κ1) is 20.3. The van der Waals surface area contributed by atoms with Crippen molar-refractivity contribution >= 4 is 29.1 Å². The second kappa shape index (κ2) is 9.18. The second-order valence-electron chi connectivity index (χ2n) is 6.07. The van der Waals surface area contributed by atoms with Gasteiger partial charge in [-0.05, 0) is 36.8 Å². The van der Waals surface area contributed by atoms with Gasteiger partial charge in [-0.3, -0.25) is 14.7 Å². The number of aromatic nitrogens is 3. The predicted molar refractivity (Wildman–Crippen MR) is 110 cm³/mol. The van der Waals surface area contributed by atoms with E-state index in [1.165, 1.54) is 17.8 Å². The molecule has 0 N–H and O–H groups in total. The standard InChI is InChI=1S/C19H19ClN4O3S/c1-13(15-4-3-5-17(12-15)24(25)26)28-19-22-21-18(23(19)10-11-27-2)14-6-8-16(20)9-7-14/h3-9,12-13H,10-11H2,1-2H3/t13-/m1/s1. The number of hydrogen-bond acceptors (Lipinski definition) is 6. The Balaban J connectivity index is 1.89. The minimum Gasteiger partial charge on any atom is -0.383 e. The van der Waals surface area contributed by atoms with Gasteiger partial charge in [-0.25, -0.2) is 0 Å². The third-order valence-corrected chi connectivity index (χ3v) is 5.56. The third-order valence-electron chi connectivity index (χ3n) is 4.17. The van der Waals surface area contributed by atoms with Gasteiger partial charge in [0.25, 0.3) is 5.69 Å². The van der Waals surface area contributed by atoms with E-state index in [1.807, 2.05) is 41.8 Å². The summed E-state index contributed by atoms with van der Waals surface area (Å²) in [5.74, 6) is 0.724. The lowest BCUT2D eigenvalue weighted by atomic mass is 10.1. The molecule has 9 heteroatoms. The van der Waals surface area contributed by atoms with Crippen molar-refractivity contribution in [3.63, 3.8) is 0 Å². The Labute approximate surface area is 171 Å². The topological polar surface area (TPSA) is 83.1 Å². The summed E-state index contributed by atoms with van der Waals surface area (Å²) in [5.41, 5.74) is 1.84. The summed E-state index contributed by atoms with van der Waals surface area (Å²) >= 11 is 7.48. The Morgan fingerprint density at radius 3 is 2.68 bits per heavy atom. The number of nitro benzene ring substituents is 1. The van der Waals surface area contributed by atoms with Crippen molar-refractivity contribution in [3.05, 3.63) is 69.2 Å². The van der Waals surface area contributed by atoms with Gasteiger partial charge in [0.1, 0.15) is 0 Å². The SMILES string of the molecule is COCCn1c(S[C@H](C)c2cccc([N+](=O)[O-])c2)nnc1-c1ccc(Cl)cc1. The van der Waals surface area contributed by atoms with Gasteiger partial charge in [-0.15, -0.1) is 10.2 Å². The molecule has 1 heterocycles. The summed E-state index contributed by atoms with van der Waals surface area (Å²) in [6, 6.07) is 14.1. The molecule has 0 saturated carbocycles. The summed E-state index contributed by atoms with van der Waals surface area (Å²) in [6.45, 7) is 3.09. The zero-order valence-electron chi connectivity index (χ0n) is 15.4. The molecular weight excluding hydrogens is 400 g/mol. The molecule has 3 aromatic rings. The number of thioether (sulfide) groups is 1. The molecule has 0 spiro atoms. The minimum absolute atomic E-state index is 0.0385. The smallest absolute Gasteiger partial charge is 0.269 e. The average Bonchev–Trinajstić information content (AvgIpc) is 3.09. The lowest BCUT2D eigenvalue weighted by Gasteiger charge is -2.13. The highest BCUT2D eigenvalue weighted by Gasteiger charge is 2.19. The molecule has 3 rings (SSSR count). The molecule has 0 fully saturated rings. The van der Waals surface area contributed by atoms with Crippen LogP contribution in [0.25, 0.3) is 11.4 Å². The van der Waals surface area contributed by atoms with Crippen LogP contribution in [0, 0.1) is 10.1 Å². The molecule has 1 aromatic heterocycles. The molecule has 0 aliphatic heterocycles. The van der Waals surface area contributed by atoms with E-state index in [2.05, 4.69) is 10.2 Å². The quantitative estimate of drug-likeness (QED) is 0.290. The zero-order valence-corrected chi connectivity index (χ0v) is 17.0. The van der Waals surface area contributed by atoms with Crippen molar-refractivity contribution in [1.29, 1.82) is 0 Å². The number of ether oxygens (including phenoxy) is 1. The first-order valence-electron chi connectivity index (χ1n) is 8.58. The fourth-order valence-electron chi connectivity index (χ4n) is 2.69. The molecule has 1 atom stereocenters. The number of halogens is 1. The molecule has 0 bridgehead atoms. The minimum atomic E-state index is -0.388. The lowest BCUT2D eigenvalue weighted by Crippen LogP contribution is -2.08. The number of nitrogens with zero attached hydrogens (tertiary/aromatic N) is 4. The van der Waals surface area contributed by atoms with Crippen molar-refractivity contribution in [2.24, 2.45) is 0 Å². The predicted octanol–water partition coefficient (Wildman–Crippen LogP) is 5.01. The molecule has 146 valence electrons. The number of methoxy groups -OCH3 is 1. The Morgan fingerprint density at radius 2 is 2.00 bits per heavy atom. The van der Waals surface area contributed by atoms with Crippen LogP contribution in [0.1, 0.15) is 17.7 Å². The molecule has 0 aliphatic carbocycles. The highest BCUT2D eigenvalue weighted by molar-refractivity contribution is 7.99. The molecule has 0 unspecified atom stereocenters. The van der Waals surface area contributed by atoms with Gasteiger partial charge in [-0.1, -0.05) is 35.5 Å². The largest absolute Gasteiger partial charge is 0.383 e. The van der Waals surface area contributed by atoms with E-state index in [0.29, 0.717) is 18.2 Å². The average molecular weight is 419 g/mol. The molecule has 28 heavy (non-hydrogen) atoms. The molecule has 0 aliphatic rings. The van der Waals surface area contributed by atoms with Gasteiger partial charge < -0.3 is 4.74 Å². The van der Waals surface area contributed by atoms with Gasteiger partial charge in [-0.2, -0.15) is 0 Å². The van der Waals surface area contributed by atoms with Crippen molar-refractivity contribution in [1.82, 2.24) is 14.8 Å². The van der Waals surface area contributed by atoms with E-state index in [4.69, 9.17) is 16.3 Å². The summed E-state index contributed by atoms with van der Waals surface area (Å²) < 4.78 is 7.22. The Hall–Kier alpha value is -2.42. The van der Waals surface area contributed by atoms with Gasteiger partial charge in [0.2, 0.25) is 0 Å². The maximum Gasteiger partial charge on any atom is 0.269 e. The summed E-state index contributed by atoms with van der Waals surface area (Å²) in [4.78, 5) is 10.7. The molecule has 0 amide bonds. The molecule has 2 aromatic carbocycles. The van der Waals surface area contributed by atoms with E-state index in [1.54, 1.807) is 19.2 Å². The van der Waals surface area contributed by atoms with E-state index in [9.17, 15) is 10.1 Å². The van der Waals surface area contributed by atoms with Gasteiger partial charge in [0.05, 0.1) is 18.1 Å². The van der Waals surface area contributed by atoms with Crippen LogP contribution >= 0.6 is 23.4 Å². The molecule has 7 nitrogen and oxygen atoms in total. The van der Waals surface area contributed by atoms with E-state index >= 15 is 0 Å². The van der Waals surface area contributed by atoms with Crippen LogP contribution in [-0.4, -0.2) is 33.4 Å². The van der Waals surface area contributed by atoms with E-state index in [0.717, 1.165) is 22.1 Å². The van der Waals surface area contributed by atoms with Crippen molar-refractivity contribution in [3.8, 4) is 11.4 Å². The van der Waals surface area contributed by atoms with Crippen LogP contribution in [0.3, 0.4) is 0 Å². The fourth-order valence-corrected chi connectivity index (χ4v) is 3.81. The van der Waals surface area contributed by atoms with Crippen molar-refractivity contribution < 1.29 is 9.66 Å². The molecular formula is C19H19ClN4O3S. The van der Waals surface area contributed by atoms with E-state index < -0.39 is 0 Å². The third kappa shape index (κ3) is 4.70. The molecule has 0 radical (unpaired) electrons. The number of nitro groups is 1. The van der Waals surface area contributed by atoms with Crippen LogP contribution in [0.2, 0.25) is 5.02 Å². The summed E-state index contributed by atoms with van der Waals surface area (Å²) in [7, 11) is 1.64. The Bertz CT molecular complexity index is 962.